The molecule has 2 aromatic rings. The third-order valence-electron chi connectivity index (χ3n) is 4.11. The fourth-order valence-corrected chi connectivity index (χ4v) is 2.70. The van der Waals surface area contributed by atoms with Crippen molar-refractivity contribution < 1.29 is 19.1 Å². The summed E-state index contributed by atoms with van der Waals surface area (Å²) in [4.78, 5) is 23.0. The Bertz CT molecular complexity index is 855. The van der Waals surface area contributed by atoms with Crippen molar-refractivity contribution in [1.82, 2.24) is 16.3 Å². The van der Waals surface area contributed by atoms with E-state index in [1.165, 1.54) is 6.21 Å². The molecule has 3 N–H and O–H groups in total. The van der Waals surface area contributed by atoms with Gasteiger partial charge < -0.3 is 9.47 Å². The summed E-state index contributed by atoms with van der Waals surface area (Å²) in [7, 11) is 1.58. The molecule has 1 aliphatic rings. The molecule has 8 nitrogen and oxygen atoms in total. The molecule has 1 fully saturated rings. The Morgan fingerprint density at radius 3 is 2.79 bits per heavy atom. The van der Waals surface area contributed by atoms with Crippen LogP contribution in [0.4, 0.5) is 0 Å². The van der Waals surface area contributed by atoms with Gasteiger partial charge in [-0.3, -0.25) is 15.0 Å². The van der Waals surface area contributed by atoms with Crippen LogP contribution in [-0.2, 0) is 16.2 Å². The van der Waals surface area contributed by atoms with E-state index >= 15 is 0 Å². The summed E-state index contributed by atoms with van der Waals surface area (Å²) in [6, 6.07) is 15.0. The van der Waals surface area contributed by atoms with Crippen molar-refractivity contribution in [1.29, 1.82) is 0 Å². The Kier molecular flexibility index (Phi) is 6.59. The number of nitrogens with zero attached hydrogens (tertiary/aromatic N) is 1. The zero-order valence-corrected chi connectivity index (χ0v) is 15.5. The molecule has 8 heteroatoms. The highest BCUT2D eigenvalue weighted by atomic mass is 16.5. The van der Waals surface area contributed by atoms with Gasteiger partial charge in [-0.15, -0.1) is 0 Å². The molecule has 2 amide bonds. The molecule has 1 aliphatic heterocycles. The van der Waals surface area contributed by atoms with Crippen molar-refractivity contribution in [3.05, 3.63) is 59.7 Å². The van der Waals surface area contributed by atoms with E-state index in [9.17, 15) is 9.59 Å². The van der Waals surface area contributed by atoms with Gasteiger partial charge in [0.2, 0.25) is 11.8 Å². The number of hydrogen-bond acceptors (Lipinski definition) is 6. The molecular formula is C20H22N4O4. The molecule has 0 bridgehead atoms. The average Bonchev–Trinajstić information content (AvgIpc) is 3.11. The first-order chi connectivity index (χ1) is 13.6. The molecule has 3 rings (SSSR count). The minimum absolute atomic E-state index is 0.123. The van der Waals surface area contributed by atoms with Crippen molar-refractivity contribution in [3.8, 4) is 11.5 Å². The second-order valence-corrected chi connectivity index (χ2v) is 6.28. The number of rotatable bonds is 8. The van der Waals surface area contributed by atoms with E-state index in [4.69, 9.17) is 9.47 Å². The molecule has 0 saturated carbocycles. The van der Waals surface area contributed by atoms with Gasteiger partial charge in [0.05, 0.1) is 13.3 Å². The first-order valence-electron chi connectivity index (χ1n) is 8.85. The lowest BCUT2D eigenvalue weighted by molar-refractivity contribution is -0.121. The average molecular weight is 382 g/mol. The SMILES string of the molecule is COc1ccc(/C=N/NC(=O)CC2CC(=O)NN2)cc1OCc1ccccc1. The Labute approximate surface area is 162 Å². The number of carbonyl (C=O) groups excluding carboxylic acids is 2. The number of nitrogens with one attached hydrogen (secondary N) is 3. The number of hydrazine groups is 1. The first kappa shape index (κ1) is 19.4. The zero-order chi connectivity index (χ0) is 19.8. The topological polar surface area (TPSA) is 101 Å². The number of hydrogen-bond donors (Lipinski definition) is 3. The lowest BCUT2D eigenvalue weighted by atomic mass is 10.1. The van der Waals surface area contributed by atoms with Gasteiger partial charge in [0.1, 0.15) is 6.61 Å². The van der Waals surface area contributed by atoms with Gasteiger partial charge in [0, 0.05) is 18.9 Å². The minimum atomic E-state index is -0.278. The molecule has 1 heterocycles. The van der Waals surface area contributed by atoms with Crippen LogP contribution in [0.25, 0.3) is 0 Å². The van der Waals surface area contributed by atoms with E-state index in [-0.39, 0.29) is 30.7 Å². The second-order valence-electron chi connectivity index (χ2n) is 6.28. The number of benzene rings is 2. The minimum Gasteiger partial charge on any atom is -0.493 e. The maximum Gasteiger partial charge on any atom is 0.241 e. The quantitative estimate of drug-likeness (QED) is 0.475. The Morgan fingerprint density at radius 1 is 1.25 bits per heavy atom. The van der Waals surface area contributed by atoms with Gasteiger partial charge in [-0.1, -0.05) is 30.3 Å². The smallest absolute Gasteiger partial charge is 0.241 e. The summed E-state index contributed by atoms with van der Waals surface area (Å²) in [6.07, 6.45) is 1.96. The molecule has 146 valence electrons. The van der Waals surface area contributed by atoms with E-state index in [2.05, 4.69) is 21.4 Å². The predicted octanol–water partition coefficient (Wildman–Crippen LogP) is 1.51. The molecule has 0 aromatic heterocycles. The molecule has 1 unspecified atom stereocenters. The summed E-state index contributed by atoms with van der Waals surface area (Å²) < 4.78 is 11.2. The van der Waals surface area contributed by atoms with Crippen molar-refractivity contribution in [2.24, 2.45) is 5.10 Å². The van der Waals surface area contributed by atoms with Crippen LogP contribution in [-0.4, -0.2) is 31.2 Å². The molecular weight excluding hydrogens is 360 g/mol. The Balaban J connectivity index is 1.56. The number of carbonyl (C=O) groups is 2. The Hall–Kier alpha value is -3.39. The Morgan fingerprint density at radius 2 is 2.07 bits per heavy atom. The molecule has 2 aromatic carbocycles. The van der Waals surface area contributed by atoms with Crippen LogP contribution in [0.1, 0.15) is 24.0 Å². The van der Waals surface area contributed by atoms with Crippen molar-refractivity contribution in [2.45, 2.75) is 25.5 Å². The number of hydrazone groups is 1. The van der Waals surface area contributed by atoms with E-state index in [0.29, 0.717) is 18.1 Å². The highest BCUT2D eigenvalue weighted by Gasteiger charge is 2.23. The van der Waals surface area contributed by atoms with Crippen LogP contribution < -0.4 is 25.8 Å². The van der Waals surface area contributed by atoms with Crippen LogP contribution in [0.2, 0.25) is 0 Å². The predicted molar refractivity (Wildman–Crippen MR) is 104 cm³/mol. The summed E-state index contributed by atoms with van der Waals surface area (Å²) in [5.74, 6) is 0.796. The summed E-state index contributed by atoms with van der Waals surface area (Å²) >= 11 is 0. The normalized spacial score (nSPS) is 16.0. The third-order valence-corrected chi connectivity index (χ3v) is 4.11. The summed E-state index contributed by atoms with van der Waals surface area (Å²) in [5, 5.41) is 3.96. The van der Waals surface area contributed by atoms with E-state index in [0.717, 1.165) is 11.1 Å². The van der Waals surface area contributed by atoms with E-state index in [1.54, 1.807) is 19.2 Å². The molecule has 28 heavy (non-hydrogen) atoms. The second kappa shape index (κ2) is 9.52. The van der Waals surface area contributed by atoms with Gasteiger partial charge in [-0.2, -0.15) is 5.10 Å². The standard InChI is InChI=1S/C20H22N4O4/c1-27-17-8-7-15(9-18(17)28-13-14-5-3-2-4-6-14)12-21-23-19(25)10-16-11-20(26)24-22-16/h2-9,12,16,22H,10-11,13H2,1H3,(H,23,25)(H,24,26)/b21-12+. The van der Waals surface area contributed by atoms with Gasteiger partial charge in [-0.25, -0.2) is 10.9 Å². The zero-order valence-electron chi connectivity index (χ0n) is 15.5. The first-order valence-corrected chi connectivity index (χ1v) is 8.85. The van der Waals surface area contributed by atoms with E-state index in [1.807, 2.05) is 36.4 Å². The largest absolute Gasteiger partial charge is 0.493 e. The molecule has 0 radical (unpaired) electrons. The number of methoxy groups -OCH3 is 1. The van der Waals surface area contributed by atoms with Crippen LogP contribution >= 0.6 is 0 Å². The van der Waals surface area contributed by atoms with Gasteiger partial charge >= 0.3 is 0 Å². The maximum absolute atomic E-state index is 11.9. The highest BCUT2D eigenvalue weighted by Crippen LogP contribution is 2.28. The van der Waals surface area contributed by atoms with Crippen LogP contribution in [0.15, 0.2) is 53.6 Å². The summed E-state index contributed by atoms with van der Waals surface area (Å²) in [6.45, 7) is 0.412. The fourth-order valence-electron chi connectivity index (χ4n) is 2.70. The third kappa shape index (κ3) is 5.55. The monoisotopic (exact) mass is 382 g/mol. The summed E-state index contributed by atoms with van der Waals surface area (Å²) in [5.41, 5.74) is 9.47. The molecule has 1 saturated heterocycles. The van der Waals surface area contributed by atoms with Crippen molar-refractivity contribution in [3.63, 3.8) is 0 Å². The van der Waals surface area contributed by atoms with E-state index < -0.39 is 0 Å². The fraction of sp³-hybridized carbons (Fsp3) is 0.250. The molecule has 0 aliphatic carbocycles. The lowest BCUT2D eigenvalue weighted by Gasteiger charge is -2.11. The van der Waals surface area contributed by atoms with Crippen molar-refractivity contribution >= 4 is 18.0 Å². The molecule has 0 spiro atoms. The van der Waals surface area contributed by atoms with Crippen LogP contribution in [0.5, 0.6) is 11.5 Å². The van der Waals surface area contributed by atoms with Gasteiger partial charge in [0.25, 0.3) is 0 Å². The highest BCUT2D eigenvalue weighted by molar-refractivity contribution is 5.84. The van der Waals surface area contributed by atoms with Crippen LogP contribution in [0.3, 0.4) is 0 Å². The van der Waals surface area contributed by atoms with Gasteiger partial charge in [0.15, 0.2) is 11.5 Å². The number of ether oxygens (including phenoxy) is 2. The lowest BCUT2D eigenvalue weighted by Crippen LogP contribution is -2.34. The van der Waals surface area contributed by atoms with Gasteiger partial charge in [-0.05, 0) is 29.3 Å². The molecule has 1 atom stereocenters. The number of amides is 2. The van der Waals surface area contributed by atoms with Crippen LogP contribution in [0, 0.1) is 0 Å². The van der Waals surface area contributed by atoms with Crippen molar-refractivity contribution in [2.75, 3.05) is 7.11 Å². The maximum atomic E-state index is 11.9.